The van der Waals surface area contributed by atoms with E-state index in [0.717, 1.165) is 0 Å². The second kappa shape index (κ2) is 6.87. The van der Waals surface area contributed by atoms with Gasteiger partial charge in [-0.3, -0.25) is 30.3 Å². The zero-order chi connectivity index (χ0) is 20.7. The van der Waals surface area contributed by atoms with Gasteiger partial charge in [0.15, 0.2) is 0 Å². The van der Waals surface area contributed by atoms with Crippen LogP contribution in [0.2, 0.25) is 0 Å². The van der Waals surface area contributed by atoms with Crippen LogP contribution in [0.5, 0.6) is 0 Å². The maximum absolute atomic E-state index is 11.2. The van der Waals surface area contributed by atoms with Gasteiger partial charge in [0.1, 0.15) is 0 Å². The minimum absolute atomic E-state index is 0.0759. The number of anilines is 3. The van der Waals surface area contributed by atoms with Crippen molar-refractivity contribution in [1.29, 1.82) is 0 Å². The van der Waals surface area contributed by atoms with E-state index in [0.29, 0.717) is 26.9 Å². The van der Waals surface area contributed by atoms with E-state index in [9.17, 15) is 30.3 Å². The molecule has 0 saturated heterocycles. The van der Waals surface area contributed by atoms with Crippen molar-refractivity contribution in [2.24, 2.45) is 0 Å². The van der Waals surface area contributed by atoms with Gasteiger partial charge in [0.25, 0.3) is 17.1 Å². The predicted octanol–water partition coefficient (Wildman–Crippen LogP) is 5.35. The highest BCUT2D eigenvalue weighted by Crippen LogP contribution is 2.52. The highest BCUT2D eigenvalue weighted by Gasteiger charge is 2.28. The lowest BCUT2D eigenvalue weighted by Gasteiger charge is -2.32. The molecule has 0 N–H and O–H groups in total. The first-order chi connectivity index (χ1) is 13.8. The van der Waals surface area contributed by atoms with Gasteiger partial charge >= 0.3 is 0 Å². The molecule has 1 aliphatic heterocycles. The monoisotopic (exact) mass is 410 g/mol. The van der Waals surface area contributed by atoms with E-state index in [4.69, 9.17) is 0 Å². The van der Waals surface area contributed by atoms with Crippen molar-refractivity contribution in [3.63, 3.8) is 0 Å². The molecule has 0 aromatic heterocycles. The number of nitrogens with zero attached hydrogens (tertiary/aromatic N) is 4. The number of non-ortho nitro benzene ring substituents is 3. The summed E-state index contributed by atoms with van der Waals surface area (Å²) in [5.74, 6) is 0. The van der Waals surface area contributed by atoms with Crippen LogP contribution in [0.3, 0.4) is 0 Å². The second-order valence-electron chi connectivity index (χ2n) is 6.03. The highest BCUT2D eigenvalue weighted by molar-refractivity contribution is 7.99. The van der Waals surface area contributed by atoms with E-state index in [2.05, 4.69) is 0 Å². The molecule has 0 aliphatic carbocycles. The van der Waals surface area contributed by atoms with Crippen LogP contribution in [0.1, 0.15) is 0 Å². The third kappa shape index (κ3) is 3.23. The fourth-order valence-electron chi connectivity index (χ4n) is 3.02. The normalized spacial score (nSPS) is 12.1. The molecule has 11 heteroatoms. The van der Waals surface area contributed by atoms with Crippen LogP contribution in [0, 0.1) is 30.3 Å². The van der Waals surface area contributed by atoms with E-state index >= 15 is 0 Å². The van der Waals surface area contributed by atoms with Crippen molar-refractivity contribution in [2.45, 2.75) is 9.79 Å². The van der Waals surface area contributed by atoms with Crippen LogP contribution in [0.25, 0.3) is 0 Å². The Morgan fingerprint density at radius 1 is 0.621 bits per heavy atom. The molecule has 144 valence electrons. The van der Waals surface area contributed by atoms with E-state index < -0.39 is 14.8 Å². The molecule has 4 rings (SSSR count). The standard InChI is InChI=1S/C18H10N4O6S/c23-20(24)12-3-1-11(2-4-12)19-15-7-5-13(21(25)26)9-17(15)29-18-10-14(22(27)28)6-8-16(18)19/h1-10H. The maximum Gasteiger partial charge on any atom is 0.270 e. The minimum Gasteiger partial charge on any atom is -0.308 e. The Balaban J connectivity index is 1.90. The molecule has 0 unspecified atom stereocenters. The molecule has 0 amide bonds. The van der Waals surface area contributed by atoms with Gasteiger partial charge in [0.2, 0.25) is 0 Å². The first-order valence-electron chi connectivity index (χ1n) is 8.14. The third-order valence-corrected chi connectivity index (χ3v) is 5.42. The second-order valence-corrected chi connectivity index (χ2v) is 7.11. The van der Waals surface area contributed by atoms with Gasteiger partial charge < -0.3 is 4.90 Å². The summed E-state index contributed by atoms with van der Waals surface area (Å²) in [7, 11) is 0. The zero-order valence-electron chi connectivity index (χ0n) is 14.4. The van der Waals surface area contributed by atoms with Crippen LogP contribution in [0.4, 0.5) is 34.1 Å². The fourth-order valence-corrected chi connectivity index (χ4v) is 4.14. The molecule has 0 spiro atoms. The molecule has 10 nitrogen and oxygen atoms in total. The van der Waals surface area contributed by atoms with Crippen LogP contribution in [-0.4, -0.2) is 14.8 Å². The molecule has 1 aliphatic rings. The summed E-state index contributed by atoms with van der Waals surface area (Å²) in [6.07, 6.45) is 0. The van der Waals surface area contributed by atoms with Gasteiger partial charge in [-0.15, -0.1) is 0 Å². The van der Waals surface area contributed by atoms with Crippen molar-refractivity contribution >= 4 is 45.9 Å². The van der Waals surface area contributed by atoms with Gasteiger partial charge in [0.05, 0.1) is 26.1 Å². The molecule has 0 fully saturated rings. The molecule has 29 heavy (non-hydrogen) atoms. The average Bonchev–Trinajstić information content (AvgIpc) is 2.71. The summed E-state index contributed by atoms with van der Waals surface area (Å²) in [5.41, 5.74) is 1.57. The van der Waals surface area contributed by atoms with Gasteiger partial charge in [0, 0.05) is 51.9 Å². The number of hydrogen-bond acceptors (Lipinski definition) is 8. The summed E-state index contributed by atoms with van der Waals surface area (Å²) in [6.45, 7) is 0. The van der Waals surface area contributed by atoms with Gasteiger partial charge in [-0.05, 0) is 24.3 Å². The van der Waals surface area contributed by atoms with E-state index in [1.165, 1.54) is 48.2 Å². The summed E-state index contributed by atoms with van der Waals surface area (Å²) in [6, 6.07) is 14.6. The molecular formula is C18H10N4O6S. The molecule has 0 atom stereocenters. The lowest BCUT2D eigenvalue weighted by Crippen LogP contribution is -2.15. The summed E-state index contributed by atoms with van der Waals surface area (Å²) in [4.78, 5) is 34.6. The number of rotatable bonds is 4. The summed E-state index contributed by atoms with van der Waals surface area (Å²) < 4.78 is 0. The number of fused-ring (bicyclic) bond motifs is 2. The first kappa shape index (κ1) is 18.4. The lowest BCUT2D eigenvalue weighted by molar-refractivity contribution is -0.385. The number of nitro groups is 3. The summed E-state index contributed by atoms with van der Waals surface area (Å²) >= 11 is 1.19. The third-order valence-electron chi connectivity index (χ3n) is 4.33. The number of nitro benzene ring substituents is 3. The van der Waals surface area contributed by atoms with Crippen molar-refractivity contribution in [2.75, 3.05) is 4.90 Å². The van der Waals surface area contributed by atoms with Gasteiger partial charge in [-0.2, -0.15) is 0 Å². The SMILES string of the molecule is O=[N+]([O-])c1ccc(N2c3ccc([N+](=O)[O-])cc3Sc3cc([N+](=O)[O-])ccc32)cc1. The topological polar surface area (TPSA) is 133 Å². The molecule has 0 radical (unpaired) electrons. The smallest absolute Gasteiger partial charge is 0.270 e. The Kier molecular flexibility index (Phi) is 4.35. The zero-order valence-corrected chi connectivity index (χ0v) is 15.2. The quantitative estimate of drug-likeness (QED) is 0.325. The molecular weight excluding hydrogens is 400 g/mol. The van der Waals surface area contributed by atoms with Crippen molar-refractivity contribution in [1.82, 2.24) is 0 Å². The largest absolute Gasteiger partial charge is 0.308 e. The van der Waals surface area contributed by atoms with Crippen molar-refractivity contribution in [3.05, 3.63) is 91.0 Å². The Bertz CT molecular complexity index is 1120. The number of hydrogen-bond donors (Lipinski definition) is 0. The van der Waals surface area contributed by atoms with Crippen molar-refractivity contribution < 1.29 is 14.8 Å². The Morgan fingerprint density at radius 2 is 1.03 bits per heavy atom. The average molecular weight is 410 g/mol. The Hall–Kier alpha value is -3.99. The molecule has 1 heterocycles. The lowest BCUT2D eigenvalue weighted by atomic mass is 10.1. The molecule has 3 aromatic carbocycles. The van der Waals surface area contributed by atoms with E-state index in [-0.39, 0.29) is 17.1 Å². The fraction of sp³-hybridized carbons (Fsp3) is 0. The van der Waals surface area contributed by atoms with Crippen LogP contribution >= 0.6 is 11.8 Å². The maximum atomic E-state index is 11.2. The Labute approximate surface area is 166 Å². The highest BCUT2D eigenvalue weighted by atomic mass is 32.2. The number of benzene rings is 3. The predicted molar refractivity (Wildman–Crippen MR) is 105 cm³/mol. The van der Waals surface area contributed by atoms with E-state index in [1.54, 1.807) is 29.2 Å². The van der Waals surface area contributed by atoms with Crippen LogP contribution in [-0.2, 0) is 0 Å². The van der Waals surface area contributed by atoms with Crippen molar-refractivity contribution in [3.8, 4) is 0 Å². The minimum atomic E-state index is -0.514. The van der Waals surface area contributed by atoms with Crippen LogP contribution in [0.15, 0.2) is 70.5 Å². The first-order valence-corrected chi connectivity index (χ1v) is 8.96. The van der Waals surface area contributed by atoms with E-state index in [1.807, 2.05) is 0 Å². The van der Waals surface area contributed by atoms with Gasteiger partial charge in [-0.1, -0.05) is 11.8 Å². The van der Waals surface area contributed by atoms with Crippen LogP contribution < -0.4 is 4.90 Å². The Morgan fingerprint density at radius 3 is 1.45 bits per heavy atom. The molecule has 0 saturated carbocycles. The molecule has 3 aromatic rings. The van der Waals surface area contributed by atoms with Gasteiger partial charge in [-0.25, -0.2) is 0 Å². The summed E-state index contributed by atoms with van der Waals surface area (Å²) in [5, 5.41) is 33.3. The molecule has 0 bridgehead atoms.